The van der Waals surface area contributed by atoms with E-state index in [0.717, 1.165) is 9.87 Å². The number of halogens is 3. The van der Waals surface area contributed by atoms with Crippen LogP contribution in [0.2, 0.25) is 15.1 Å². The Kier molecular flexibility index (Phi) is 10.1. The number of hydrogen-bond acceptors (Lipinski definition) is 4. The van der Waals surface area contributed by atoms with Crippen molar-refractivity contribution in [1.82, 2.24) is 10.2 Å². The number of hydrogen-bond donors (Lipinski definition) is 1. The maximum absolute atomic E-state index is 13.8. The zero-order valence-electron chi connectivity index (χ0n) is 21.1. The van der Waals surface area contributed by atoms with Crippen LogP contribution in [0.1, 0.15) is 25.0 Å². The topological polar surface area (TPSA) is 86.8 Å². The summed E-state index contributed by atoms with van der Waals surface area (Å²) in [7, 11) is -4.21. The molecule has 3 rings (SSSR count). The molecule has 0 spiro atoms. The molecule has 0 radical (unpaired) electrons. The molecule has 0 aromatic heterocycles. The normalized spacial score (nSPS) is 12.1. The molecule has 3 aromatic rings. The predicted octanol–water partition coefficient (Wildman–Crippen LogP) is 5.70. The van der Waals surface area contributed by atoms with E-state index < -0.39 is 34.4 Å². The number of carbonyl (C=O) groups excluding carboxylic acids is 2. The Morgan fingerprint density at radius 1 is 0.947 bits per heavy atom. The van der Waals surface area contributed by atoms with Crippen molar-refractivity contribution >= 4 is 62.3 Å². The average Bonchev–Trinajstić information content (AvgIpc) is 2.87. The van der Waals surface area contributed by atoms with Gasteiger partial charge in [0.15, 0.2) is 0 Å². The second kappa shape index (κ2) is 12.8. The van der Waals surface area contributed by atoms with Crippen LogP contribution in [-0.2, 0) is 26.2 Å². The number of anilines is 1. The van der Waals surface area contributed by atoms with Crippen LogP contribution in [0, 0.1) is 6.92 Å². The van der Waals surface area contributed by atoms with Crippen LogP contribution >= 0.6 is 34.8 Å². The molecule has 3 aromatic carbocycles. The summed E-state index contributed by atoms with van der Waals surface area (Å²) in [4.78, 5) is 27.9. The number of benzene rings is 3. The van der Waals surface area contributed by atoms with Crippen molar-refractivity contribution in [1.29, 1.82) is 0 Å². The van der Waals surface area contributed by atoms with Crippen molar-refractivity contribution in [3.8, 4) is 0 Å². The van der Waals surface area contributed by atoms with Crippen molar-refractivity contribution in [3.05, 3.63) is 92.9 Å². The third-order valence-corrected chi connectivity index (χ3v) is 8.56. The Morgan fingerprint density at radius 3 is 2.21 bits per heavy atom. The Balaban J connectivity index is 2.06. The third kappa shape index (κ3) is 6.99. The summed E-state index contributed by atoms with van der Waals surface area (Å²) >= 11 is 18.8. The van der Waals surface area contributed by atoms with Gasteiger partial charge in [-0.2, -0.15) is 0 Å². The molecule has 7 nitrogen and oxygen atoms in total. The van der Waals surface area contributed by atoms with Crippen LogP contribution in [0.25, 0.3) is 0 Å². The molecule has 0 bridgehead atoms. The Bertz CT molecular complexity index is 1420. The van der Waals surface area contributed by atoms with Gasteiger partial charge in [-0.3, -0.25) is 13.9 Å². The predicted molar refractivity (Wildman–Crippen MR) is 152 cm³/mol. The average molecular weight is 597 g/mol. The molecule has 11 heteroatoms. The van der Waals surface area contributed by atoms with Gasteiger partial charge in [0, 0.05) is 23.1 Å². The number of sulfonamides is 1. The van der Waals surface area contributed by atoms with E-state index in [0.29, 0.717) is 22.2 Å². The second-order valence-electron chi connectivity index (χ2n) is 8.60. The molecule has 0 aliphatic rings. The van der Waals surface area contributed by atoms with Gasteiger partial charge in [-0.1, -0.05) is 70.7 Å². The third-order valence-electron chi connectivity index (χ3n) is 5.88. The van der Waals surface area contributed by atoms with Gasteiger partial charge in [0.25, 0.3) is 10.0 Å². The first-order valence-electron chi connectivity index (χ1n) is 11.8. The number of para-hydroxylation sites is 1. The highest BCUT2D eigenvalue weighted by Crippen LogP contribution is 2.31. The summed E-state index contributed by atoms with van der Waals surface area (Å²) in [6, 6.07) is 16.5. The molecule has 0 aliphatic heterocycles. The molecule has 0 saturated carbocycles. The van der Waals surface area contributed by atoms with Crippen molar-refractivity contribution in [2.75, 3.05) is 17.4 Å². The SMILES string of the molecule is CCNC(=O)[C@@H](C)N(Cc1ccc(Cl)cc1Cl)C(=O)CN(c1ccccc1Cl)S(=O)(=O)c1ccc(C)cc1. The molecular weight excluding hydrogens is 569 g/mol. The number of nitrogens with zero attached hydrogens (tertiary/aromatic N) is 2. The number of amides is 2. The molecule has 0 fully saturated rings. The standard InChI is InChI=1S/C27H28Cl3N3O4S/c1-4-31-27(35)19(3)32(16-20-11-12-21(28)15-24(20)30)26(34)17-33(25-8-6-5-7-23(25)29)38(36,37)22-13-9-18(2)10-14-22/h5-15,19H,4,16-17H2,1-3H3,(H,31,35)/t19-/m1/s1. The van der Waals surface area contributed by atoms with Crippen molar-refractivity contribution in [2.45, 2.75) is 38.3 Å². The molecule has 1 atom stereocenters. The van der Waals surface area contributed by atoms with Gasteiger partial charge >= 0.3 is 0 Å². The number of likely N-dealkylation sites (N-methyl/N-ethyl adjacent to an activating group) is 1. The Hall–Kier alpha value is -2.78. The monoisotopic (exact) mass is 595 g/mol. The highest BCUT2D eigenvalue weighted by molar-refractivity contribution is 7.92. The molecule has 0 heterocycles. The number of rotatable bonds is 10. The van der Waals surface area contributed by atoms with Crippen molar-refractivity contribution < 1.29 is 18.0 Å². The summed E-state index contributed by atoms with van der Waals surface area (Å²) in [6.45, 7) is 4.89. The van der Waals surface area contributed by atoms with E-state index in [9.17, 15) is 18.0 Å². The van der Waals surface area contributed by atoms with Gasteiger partial charge in [0.2, 0.25) is 11.8 Å². The first-order chi connectivity index (χ1) is 17.9. The van der Waals surface area contributed by atoms with Gasteiger partial charge in [-0.25, -0.2) is 8.42 Å². The lowest BCUT2D eigenvalue weighted by atomic mass is 10.1. The largest absolute Gasteiger partial charge is 0.355 e. The Morgan fingerprint density at radius 2 is 1.61 bits per heavy atom. The zero-order chi connectivity index (χ0) is 28.0. The van der Waals surface area contributed by atoms with Crippen molar-refractivity contribution in [3.63, 3.8) is 0 Å². The van der Waals surface area contributed by atoms with Crippen molar-refractivity contribution in [2.24, 2.45) is 0 Å². The van der Waals surface area contributed by atoms with Crippen LogP contribution in [-0.4, -0.2) is 44.3 Å². The fourth-order valence-electron chi connectivity index (χ4n) is 3.74. The smallest absolute Gasteiger partial charge is 0.264 e. The van der Waals surface area contributed by atoms with Crippen LogP contribution in [0.3, 0.4) is 0 Å². The molecular formula is C27H28Cl3N3O4S. The lowest BCUT2D eigenvalue weighted by molar-refractivity contribution is -0.139. The minimum absolute atomic E-state index is 0.000102. The number of nitrogens with one attached hydrogen (secondary N) is 1. The summed E-state index contributed by atoms with van der Waals surface area (Å²) in [5, 5.41) is 3.59. The number of aryl methyl sites for hydroxylation is 1. The highest BCUT2D eigenvalue weighted by atomic mass is 35.5. The minimum atomic E-state index is -4.21. The quantitative estimate of drug-likeness (QED) is 0.325. The summed E-state index contributed by atoms with van der Waals surface area (Å²) in [5.41, 5.74) is 1.57. The van der Waals surface area contributed by atoms with Gasteiger partial charge in [0.1, 0.15) is 12.6 Å². The van der Waals surface area contributed by atoms with Gasteiger partial charge in [0.05, 0.1) is 15.6 Å². The molecule has 2 amide bonds. The van der Waals surface area contributed by atoms with Crippen LogP contribution in [0.15, 0.2) is 71.6 Å². The van der Waals surface area contributed by atoms with Gasteiger partial charge in [-0.05, 0) is 62.7 Å². The van der Waals surface area contributed by atoms with Crippen LogP contribution in [0.4, 0.5) is 5.69 Å². The van der Waals surface area contributed by atoms with E-state index >= 15 is 0 Å². The van der Waals surface area contributed by atoms with E-state index in [2.05, 4.69) is 5.32 Å². The lowest BCUT2D eigenvalue weighted by Gasteiger charge is -2.32. The minimum Gasteiger partial charge on any atom is -0.355 e. The zero-order valence-corrected chi connectivity index (χ0v) is 24.2. The first kappa shape index (κ1) is 29.8. The van der Waals surface area contributed by atoms with E-state index in [-0.39, 0.29) is 22.2 Å². The second-order valence-corrected chi connectivity index (χ2v) is 11.7. The number of carbonyl (C=O) groups is 2. The summed E-state index contributed by atoms with van der Waals surface area (Å²) < 4.78 is 28.5. The highest BCUT2D eigenvalue weighted by Gasteiger charge is 2.33. The van der Waals surface area contributed by atoms with Gasteiger partial charge < -0.3 is 10.2 Å². The molecule has 38 heavy (non-hydrogen) atoms. The molecule has 0 aliphatic carbocycles. The fourth-order valence-corrected chi connectivity index (χ4v) is 5.93. The maximum Gasteiger partial charge on any atom is 0.264 e. The Labute approximate surface area is 238 Å². The van der Waals surface area contributed by atoms with E-state index in [4.69, 9.17) is 34.8 Å². The maximum atomic E-state index is 13.8. The van der Waals surface area contributed by atoms with E-state index in [1.165, 1.54) is 29.2 Å². The lowest BCUT2D eigenvalue weighted by Crippen LogP contribution is -2.51. The first-order valence-corrected chi connectivity index (χ1v) is 14.4. The molecule has 202 valence electrons. The summed E-state index contributed by atoms with van der Waals surface area (Å²) in [6.07, 6.45) is 0. The molecule has 0 saturated heterocycles. The fraction of sp³-hybridized carbons (Fsp3) is 0.259. The molecule has 0 unspecified atom stereocenters. The molecule has 1 N–H and O–H groups in total. The van der Waals surface area contributed by atoms with E-state index in [1.54, 1.807) is 56.3 Å². The summed E-state index contributed by atoms with van der Waals surface area (Å²) in [5.74, 6) is -1.01. The van der Waals surface area contributed by atoms with Crippen LogP contribution in [0.5, 0.6) is 0 Å². The van der Waals surface area contributed by atoms with E-state index in [1.807, 2.05) is 6.92 Å². The van der Waals surface area contributed by atoms with Crippen LogP contribution < -0.4 is 9.62 Å². The van der Waals surface area contributed by atoms with Gasteiger partial charge in [-0.15, -0.1) is 0 Å².